The zero-order chi connectivity index (χ0) is 36.3. The Kier molecular flexibility index (Phi) is 9.82. The zero-order valence-corrected chi connectivity index (χ0v) is 31.1. The van der Waals surface area contributed by atoms with Gasteiger partial charge in [0.1, 0.15) is 29.0 Å². The molecule has 0 fully saturated rings. The molecule has 9 rings (SSSR count). The number of rotatable bonds is 6. The van der Waals surface area contributed by atoms with Gasteiger partial charge in [0.25, 0.3) is 0 Å². The summed E-state index contributed by atoms with van der Waals surface area (Å²) in [6.07, 6.45) is 5.78. The van der Waals surface area contributed by atoms with Gasteiger partial charge >= 0.3 is 0 Å². The highest BCUT2D eigenvalue weighted by Gasteiger charge is 2.27. The molecule has 2 unspecified atom stereocenters. The number of hydrogen-bond donors (Lipinski definition) is 3. The van der Waals surface area contributed by atoms with Gasteiger partial charge in [-0.2, -0.15) is 0 Å². The smallest absolute Gasteiger partial charge is 0.130 e. The second-order valence-electron chi connectivity index (χ2n) is 14.1. The third-order valence-electron chi connectivity index (χ3n) is 10.3. The number of fused-ring (bicyclic) bond motifs is 3. The summed E-state index contributed by atoms with van der Waals surface area (Å²) in [5.41, 5.74) is 12.4. The highest BCUT2D eigenvalue weighted by atomic mass is 32.1. The molecule has 7 aromatic rings. The number of aryl methyl sites for hydroxylation is 4. The van der Waals surface area contributed by atoms with Crippen LogP contribution in [0.4, 0.5) is 11.6 Å². The molecule has 0 saturated carbocycles. The van der Waals surface area contributed by atoms with Gasteiger partial charge in [0.05, 0.1) is 39.2 Å². The van der Waals surface area contributed by atoms with Crippen LogP contribution in [0, 0.1) is 19.8 Å². The molecule has 0 saturated heterocycles. The van der Waals surface area contributed by atoms with Gasteiger partial charge in [-0.1, -0.05) is 61.5 Å². The molecule has 3 N–H and O–H groups in total. The number of phenols is 1. The van der Waals surface area contributed by atoms with Crippen molar-refractivity contribution in [2.45, 2.75) is 65.0 Å². The van der Waals surface area contributed by atoms with Crippen LogP contribution in [0.2, 0.25) is 0 Å². The number of nitrogens with one attached hydrogen (secondary N) is 2. The van der Waals surface area contributed by atoms with Crippen molar-refractivity contribution in [1.82, 2.24) is 24.9 Å². The Hall–Kier alpha value is -5.67. The van der Waals surface area contributed by atoms with E-state index in [1.165, 1.54) is 39.8 Å². The molecule has 2 aliphatic carbocycles. The molecular weight excluding hydrogens is 675 g/mol. The van der Waals surface area contributed by atoms with Gasteiger partial charge in [0, 0.05) is 23.3 Å². The van der Waals surface area contributed by atoms with E-state index in [0.29, 0.717) is 5.92 Å². The maximum absolute atomic E-state index is 9.48. The summed E-state index contributed by atoms with van der Waals surface area (Å²) < 4.78 is 1.18. The average Bonchev–Trinajstić information content (AvgIpc) is 3.65. The number of aromatic nitrogens is 5. The lowest BCUT2D eigenvalue weighted by Crippen LogP contribution is -2.25. The van der Waals surface area contributed by atoms with Crippen LogP contribution < -0.4 is 10.6 Å². The molecule has 0 amide bonds. The minimum atomic E-state index is 0.256. The molecule has 3 aromatic heterocycles. The largest absolute Gasteiger partial charge is 0.508 e. The Morgan fingerprint density at radius 2 is 1.30 bits per heavy atom. The fourth-order valence-corrected chi connectivity index (χ4v) is 8.33. The summed E-state index contributed by atoms with van der Waals surface area (Å²) >= 11 is 1.66. The lowest BCUT2D eigenvalue weighted by molar-refractivity contribution is 0.433. The molecule has 3 atom stereocenters. The van der Waals surface area contributed by atoms with Crippen molar-refractivity contribution in [3.8, 4) is 28.3 Å². The molecule has 0 aliphatic heterocycles. The summed E-state index contributed by atoms with van der Waals surface area (Å²) in [4.78, 5) is 22.8. The van der Waals surface area contributed by atoms with E-state index in [4.69, 9.17) is 0 Å². The lowest BCUT2D eigenvalue weighted by atomic mass is 9.81. The predicted molar refractivity (Wildman–Crippen MR) is 215 cm³/mol. The van der Waals surface area contributed by atoms with E-state index in [0.717, 1.165) is 70.6 Å². The molecule has 0 radical (unpaired) electrons. The third kappa shape index (κ3) is 7.76. The minimum Gasteiger partial charge on any atom is -0.508 e. The van der Waals surface area contributed by atoms with Crippen molar-refractivity contribution in [2.75, 3.05) is 10.6 Å². The van der Waals surface area contributed by atoms with Crippen molar-refractivity contribution in [3.05, 3.63) is 143 Å². The number of hydrogen-bond acceptors (Lipinski definition) is 9. The second-order valence-corrected chi connectivity index (χ2v) is 15.0. The number of benzene rings is 4. The summed E-state index contributed by atoms with van der Waals surface area (Å²) in [5.74, 6) is 4.06. The van der Waals surface area contributed by atoms with Gasteiger partial charge < -0.3 is 15.7 Å². The minimum absolute atomic E-state index is 0.256. The number of phenolic OH excluding ortho intramolecular Hbond substituents is 1. The van der Waals surface area contributed by atoms with E-state index < -0.39 is 0 Å². The first-order chi connectivity index (χ1) is 25.9. The first-order valence-corrected chi connectivity index (χ1v) is 19.3. The summed E-state index contributed by atoms with van der Waals surface area (Å²) in [6, 6.07) is 35.4. The Bertz CT molecular complexity index is 2370. The highest BCUT2D eigenvalue weighted by molar-refractivity contribution is 7.16. The molecule has 0 spiro atoms. The fraction of sp³-hybridized carbons (Fsp3) is 0.250. The Balaban J connectivity index is 0.000000152. The number of anilines is 2. The SMILES string of the molecule is Cc1nc(NC2c3ccccc3CCC2C)cc(-c2ccc3ncsc3c2)n1.Cc1nc(N[C@@H]2CCCc3ccccc32)cc(-c2ccc(O)cc2)n1. The molecule has 8 nitrogen and oxygen atoms in total. The van der Waals surface area contributed by atoms with E-state index in [9.17, 15) is 5.11 Å². The van der Waals surface area contributed by atoms with Crippen LogP contribution in [-0.4, -0.2) is 30.0 Å². The zero-order valence-electron chi connectivity index (χ0n) is 30.3. The van der Waals surface area contributed by atoms with Gasteiger partial charge in [0.2, 0.25) is 0 Å². The van der Waals surface area contributed by atoms with Crippen LogP contribution >= 0.6 is 11.3 Å². The first-order valence-electron chi connectivity index (χ1n) is 18.4. The number of aromatic hydroxyl groups is 1. The van der Waals surface area contributed by atoms with E-state index in [1.807, 2.05) is 37.6 Å². The van der Waals surface area contributed by atoms with Crippen LogP contribution in [0.15, 0.2) is 109 Å². The molecule has 266 valence electrons. The van der Waals surface area contributed by atoms with Crippen LogP contribution in [0.5, 0.6) is 5.75 Å². The van der Waals surface area contributed by atoms with E-state index in [2.05, 4.69) is 115 Å². The third-order valence-corrected chi connectivity index (χ3v) is 11.1. The molecule has 2 aliphatic rings. The lowest BCUT2D eigenvalue weighted by Gasteiger charge is -2.32. The van der Waals surface area contributed by atoms with Crippen molar-refractivity contribution in [1.29, 1.82) is 0 Å². The first kappa shape index (κ1) is 34.4. The number of thiazole rings is 1. The summed E-state index contributed by atoms with van der Waals surface area (Å²) in [6.45, 7) is 6.18. The second kappa shape index (κ2) is 15.1. The molecule has 9 heteroatoms. The quantitative estimate of drug-likeness (QED) is 0.156. The van der Waals surface area contributed by atoms with Gasteiger partial charge in [-0.25, -0.2) is 24.9 Å². The summed E-state index contributed by atoms with van der Waals surface area (Å²) in [7, 11) is 0. The Morgan fingerprint density at radius 3 is 2.06 bits per heavy atom. The van der Waals surface area contributed by atoms with Gasteiger partial charge in [-0.15, -0.1) is 11.3 Å². The normalized spacial score (nSPS) is 17.6. The van der Waals surface area contributed by atoms with Crippen molar-refractivity contribution < 1.29 is 5.11 Å². The maximum atomic E-state index is 9.48. The summed E-state index contributed by atoms with van der Waals surface area (Å²) in [5, 5.41) is 16.8. The van der Waals surface area contributed by atoms with Crippen LogP contribution in [-0.2, 0) is 12.8 Å². The van der Waals surface area contributed by atoms with Crippen LogP contribution in [0.1, 0.15) is 72.2 Å². The van der Waals surface area contributed by atoms with Gasteiger partial charge in [-0.3, -0.25) is 0 Å². The monoisotopic (exact) mass is 717 g/mol. The van der Waals surface area contributed by atoms with E-state index in [1.54, 1.807) is 23.5 Å². The standard InChI is InChI=1S/C23H22N4S.C21H21N3O/c1-14-7-8-16-5-3-4-6-18(16)23(14)27-22-12-20(25-15(2)26-22)17-9-10-19-21(11-17)28-13-24-19;1-14-22-20(16-9-11-17(25)12-10-16)13-21(23-14)24-19-8-4-6-15-5-2-3-7-18(15)19/h3-6,9-14,23H,7-8H2,1-2H3,(H,25,26,27);2-3,5,7,9-13,19,25H,4,6,8H2,1H3,(H,22,23,24)/t;19-/m.1/s1. The van der Waals surface area contributed by atoms with Gasteiger partial charge in [0.15, 0.2) is 0 Å². The predicted octanol–water partition coefficient (Wildman–Crippen LogP) is 10.4. The molecule has 0 bridgehead atoms. The molecular formula is C44H43N7OS. The Morgan fingerprint density at radius 1 is 0.660 bits per heavy atom. The van der Waals surface area contributed by atoms with Crippen molar-refractivity contribution in [3.63, 3.8) is 0 Å². The van der Waals surface area contributed by atoms with Crippen LogP contribution in [0.25, 0.3) is 32.7 Å². The van der Waals surface area contributed by atoms with Crippen molar-refractivity contribution >= 4 is 33.2 Å². The molecule has 53 heavy (non-hydrogen) atoms. The van der Waals surface area contributed by atoms with Gasteiger partial charge in [-0.05, 0) is 111 Å². The van der Waals surface area contributed by atoms with Crippen LogP contribution in [0.3, 0.4) is 0 Å². The van der Waals surface area contributed by atoms with E-state index >= 15 is 0 Å². The van der Waals surface area contributed by atoms with Crippen molar-refractivity contribution in [2.24, 2.45) is 5.92 Å². The molecule has 4 aromatic carbocycles. The Labute approximate surface area is 314 Å². The average molecular weight is 718 g/mol. The van der Waals surface area contributed by atoms with E-state index in [-0.39, 0.29) is 17.8 Å². The fourth-order valence-electron chi connectivity index (χ4n) is 7.61. The maximum Gasteiger partial charge on any atom is 0.130 e. The number of nitrogens with zero attached hydrogens (tertiary/aromatic N) is 5. The molecule has 3 heterocycles. The highest BCUT2D eigenvalue weighted by Crippen LogP contribution is 2.37. The topological polar surface area (TPSA) is 109 Å².